The zero-order valence-corrected chi connectivity index (χ0v) is 8.86. The maximum Gasteiger partial charge on any atom is 0.389 e. The lowest BCUT2D eigenvalue weighted by Crippen LogP contribution is -2.10. The van der Waals surface area contributed by atoms with Crippen LogP contribution in [0.15, 0.2) is 6.07 Å². The minimum absolute atomic E-state index is 0.150. The lowest BCUT2D eigenvalue weighted by atomic mass is 10.2. The molecule has 0 aliphatic carbocycles. The molecule has 2 nitrogen and oxygen atoms in total. The molecule has 1 heterocycles. The summed E-state index contributed by atoms with van der Waals surface area (Å²) in [5.74, 6) is 0.150. The predicted molar refractivity (Wildman–Crippen MR) is 50.8 cm³/mol. The minimum atomic E-state index is -4.18. The van der Waals surface area contributed by atoms with Crippen LogP contribution in [0.4, 0.5) is 13.2 Å². The van der Waals surface area contributed by atoms with Crippen molar-refractivity contribution < 1.29 is 13.2 Å². The SMILES string of the molecule is CCc1cc(Cl)nc(CCC(F)(F)F)n1. The van der Waals surface area contributed by atoms with Gasteiger partial charge in [0.1, 0.15) is 11.0 Å². The first-order chi connectivity index (χ1) is 6.90. The van der Waals surface area contributed by atoms with Gasteiger partial charge in [-0.2, -0.15) is 13.2 Å². The second kappa shape index (κ2) is 4.79. The van der Waals surface area contributed by atoms with Crippen LogP contribution in [0.1, 0.15) is 24.9 Å². The van der Waals surface area contributed by atoms with E-state index in [0.29, 0.717) is 12.1 Å². The molecule has 15 heavy (non-hydrogen) atoms. The highest BCUT2D eigenvalue weighted by Crippen LogP contribution is 2.21. The largest absolute Gasteiger partial charge is 0.389 e. The summed E-state index contributed by atoms with van der Waals surface area (Å²) in [6.07, 6.45) is -4.70. The monoisotopic (exact) mass is 238 g/mol. The van der Waals surface area contributed by atoms with E-state index in [-0.39, 0.29) is 17.4 Å². The van der Waals surface area contributed by atoms with E-state index in [1.807, 2.05) is 6.92 Å². The first-order valence-corrected chi connectivity index (χ1v) is 4.87. The molecule has 0 saturated carbocycles. The van der Waals surface area contributed by atoms with E-state index in [4.69, 9.17) is 11.6 Å². The highest BCUT2D eigenvalue weighted by Gasteiger charge is 2.27. The number of aromatic nitrogens is 2. The lowest BCUT2D eigenvalue weighted by Gasteiger charge is -2.06. The Kier molecular flexibility index (Phi) is 3.90. The van der Waals surface area contributed by atoms with Crippen LogP contribution in [-0.2, 0) is 12.8 Å². The second-order valence-electron chi connectivity index (χ2n) is 3.07. The molecule has 0 unspecified atom stereocenters. The number of alkyl halides is 3. The van der Waals surface area contributed by atoms with Crippen molar-refractivity contribution in [3.63, 3.8) is 0 Å². The summed E-state index contributed by atoms with van der Waals surface area (Å²) in [7, 11) is 0. The number of halogens is 4. The predicted octanol–water partition coefficient (Wildman–Crippen LogP) is 3.19. The van der Waals surface area contributed by atoms with Gasteiger partial charge in [0, 0.05) is 12.1 Å². The van der Waals surface area contributed by atoms with Crippen molar-refractivity contribution in [2.45, 2.75) is 32.4 Å². The molecule has 6 heteroatoms. The van der Waals surface area contributed by atoms with E-state index in [1.165, 1.54) is 0 Å². The van der Waals surface area contributed by atoms with Gasteiger partial charge in [-0.05, 0) is 12.5 Å². The van der Waals surface area contributed by atoms with Gasteiger partial charge in [-0.15, -0.1) is 0 Å². The third-order valence-electron chi connectivity index (χ3n) is 1.79. The molecule has 1 aromatic rings. The Labute approximate surface area is 90.5 Å². The lowest BCUT2D eigenvalue weighted by molar-refractivity contribution is -0.134. The van der Waals surface area contributed by atoms with Crippen LogP contribution in [0.2, 0.25) is 5.15 Å². The third-order valence-corrected chi connectivity index (χ3v) is 1.98. The molecule has 84 valence electrons. The Morgan fingerprint density at radius 3 is 2.53 bits per heavy atom. The van der Waals surface area contributed by atoms with Gasteiger partial charge in [-0.25, -0.2) is 9.97 Å². The van der Waals surface area contributed by atoms with Crippen molar-refractivity contribution in [2.75, 3.05) is 0 Å². The van der Waals surface area contributed by atoms with Crippen molar-refractivity contribution >= 4 is 11.6 Å². The third kappa shape index (κ3) is 4.46. The van der Waals surface area contributed by atoms with E-state index in [0.717, 1.165) is 0 Å². The maximum atomic E-state index is 11.9. The highest BCUT2D eigenvalue weighted by molar-refractivity contribution is 6.29. The smallest absolute Gasteiger partial charge is 0.238 e. The Morgan fingerprint density at radius 1 is 1.33 bits per heavy atom. The topological polar surface area (TPSA) is 25.8 Å². The molecule has 0 N–H and O–H groups in total. The van der Waals surface area contributed by atoms with Gasteiger partial charge in [0.05, 0.1) is 6.42 Å². The van der Waals surface area contributed by atoms with E-state index >= 15 is 0 Å². The van der Waals surface area contributed by atoms with Gasteiger partial charge in [-0.3, -0.25) is 0 Å². The summed E-state index contributed by atoms with van der Waals surface area (Å²) in [6.45, 7) is 1.85. The van der Waals surface area contributed by atoms with Crippen LogP contribution in [-0.4, -0.2) is 16.1 Å². The molecule has 0 bridgehead atoms. The maximum absolute atomic E-state index is 11.9. The molecular weight excluding hydrogens is 229 g/mol. The summed E-state index contributed by atoms with van der Waals surface area (Å²) >= 11 is 5.65. The van der Waals surface area contributed by atoms with E-state index in [1.54, 1.807) is 6.07 Å². The first kappa shape index (κ1) is 12.2. The van der Waals surface area contributed by atoms with E-state index < -0.39 is 12.6 Å². The molecule has 1 rings (SSSR count). The Hall–Kier alpha value is -0.840. The fourth-order valence-electron chi connectivity index (χ4n) is 1.06. The van der Waals surface area contributed by atoms with Crippen LogP contribution >= 0.6 is 11.6 Å². The Bertz CT molecular complexity index is 339. The molecule has 0 aliphatic rings. The number of nitrogens with zero attached hydrogens (tertiary/aromatic N) is 2. The van der Waals surface area contributed by atoms with Crippen LogP contribution in [0.3, 0.4) is 0 Å². The fraction of sp³-hybridized carbons (Fsp3) is 0.556. The molecule has 0 aromatic carbocycles. The quantitative estimate of drug-likeness (QED) is 0.756. The number of hydrogen-bond acceptors (Lipinski definition) is 2. The fourth-order valence-corrected chi connectivity index (χ4v) is 1.29. The van der Waals surface area contributed by atoms with Crippen LogP contribution in [0, 0.1) is 0 Å². The molecular formula is C9H10ClF3N2. The van der Waals surface area contributed by atoms with Gasteiger partial charge in [0.2, 0.25) is 0 Å². The molecule has 0 amide bonds. The number of rotatable bonds is 3. The van der Waals surface area contributed by atoms with E-state index in [2.05, 4.69) is 9.97 Å². The van der Waals surface area contributed by atoms with Crippen molar-refractivity contribution in [1.29, 1.82) is 0 Å². The summed E-state index contributed by atoms with van der Waals surface area (Å²) in [5.41, 5.74) is 0.659. The van der Waals surface area contributed by atoms with Crippen molar-refractivity contribution in [3.8, 4) is 0 Å². The van der Waals surface area contributed by atoms with Gasteiger partial charge >= 0.3 is 6.18 Å². The zero-order valence-electron chi connectivity index (χ0n) is 8.10. The minimum Gasteiger partial charge on any atom is -0.238 e. The molecule has 1 aromatic heterocycles. The van der Waals surface area contributed by atoms with Gasteiger partial charge in [-0.1, -0.05) is 18.5 Å². The molecule has 0 atom stereocenters. The standard InChI is InChI=1S/C9H10ClF3N2/c1-2-6-5-7(10)15-8(14-6)3-4-9(11,12)13/h5H,2-4H2,1H3. The summed E-state index contributed by atoms with van der Waals surface area (Å²) in [5, 5.41) is 0.194. The van der Waals surface area contributed by atoms with Crippen molar-refractivity contribution in [3.05, 3.63) is 22.7 Å². The zero-order chi connectivity index (χ0) is 11.5. The molecule has 0 fully saturated rings. The summed E-state index contributed by atoms with van der Waals surface area (Å²) in [6, 6.07) is 1.55. The molecule has 0 spiro atoms. The summed E-state index contributed by atoms with van der Waals surface area (Å²) in [4.78, 5) is 7.70. The van der Waals surface area contributed by atoms with Crippen molar-refractivity contribution in [2.24, 2.45) is 0 Å². The van der Waals surface area contributed by atoms with Crippen LogP contribution in [0.25, 0.3) is 0 Å². The number of aryl methyl sites for hydroxylation is 2. The van der Waals surface area contributed by atoms with Gasteiger partial charge < -0.3 is 0 Å². The average molecular weight is 239 g/mol. The van der Waals surface area contributed by atoms with Crippen LogP contribution in [0.5, 0.6) is 0 Å². The number of hydrogen-bond donors (Lipinski definition) is 0. The normalized spacial score (nSPS) is 11.8. The molecule has 0 saturated heterocycles. The second-order valence-corrected chi connectivity index (χ2v) is 3.45. The molecule has 0 aliphatic heterocycles. The average Bonchev–Trinajstić information content (AvgIpc) is 2.13. The Morgan fingerprint density at radius 2 is 2.00 bits per heavy atom. The van der Waals surface area contributed by atoms with Gasteiger partial charge in [0.15, 0.2) is 0 Å². The van der Waals surface area contributed by atoms with Crippen molar-refractivity contribution in [1.82, 2.24) is 9.97 Å². The van der Waals surface area contributed by atoms with E-state index in [9.17, 15) is 13.2 Å². The van der Waals surface area contributed by atoms with Gasteiger partial charge in [0.25, 0.3) is 0 Å². The Balaban J connectivity index is 2.73. The van der Waals surface area contributed by atoms with Crippen LogP contribution < -0.4 is 0 Å². The highest BCUT2D eigenvalue weighted by atomic mass is 35.5. The molecule has 0 radical (unpaired) electrons. The first-order valence-electron chi connectivity index (χ1n) is 4.50. The summed E-state index contributed by atoms with van der Waals surface area (Å²) < 4.78 is 35.8.